The van der Waals surface area contributed by atoms with Crippen molar-refractivity contribution in [1.29, 1.82) is 0 Å². The van der Waals surface area contributed by atoms with Crippen LogP contribution in [0.15, 0.2) is 12.2 Å². The molecular weight excluding hydrogens is 200 g/mol. The Bertz CT molecular complexity index is 205. The third-order valence-corrected chi connectivity index (χ3v) is 1.94. The Hall–Kier alpha value is -0.920. The number of rotatable bonds is 7. The lowest BCUT2D eigenvalue weighted by molar-refractivity contribution is -0.117. The Morgan fingerprint density at radius 3 is 2.00 bits per heavy atom. The van der Waals surface area contributed by atoms with E-state index in [1.54, 1.807) is 19.9 Å². The van der Waals surface area contributed by atoms with Gasteiger partial charge in [-0.2, -0.15) is 0 Å². The van der Waals surface area contributed by atoms with Gasteiger partial charge in [-0.15, -0.1) is 0 Å². The van der Waals surface area contributed by atoms with Crippen molar-refractivity contribution >= 4 is 11.6 Å². The van der Waals surface area contributed by atoms with Crippen molar-refractivity contribution in [2.24, 2.45) is 0 Å². The lowest BCUT2D eigenvalue weighted by Gasteiger charge is -1.90. The summed E-state index contributed by atoms with van der Waals surface area (Å²) in [6.07, 6.45) is 9.89. The second-order valence-electron chi connectivity index (χ2n) is 3.96. The standard InChI is InChI=1S/C7H14O.C7H12O/c2*1-3-4-5-6-7(2)8/h3-6H2,1-2H3;5-6H,3-4H2,1-2H3/b;6-5+. The van der Waals surface area contributed by atoms with Gasteiger partial charge in [0.2, 0.25) is 0 Å². The van der Waals surface area contributed by atoms with E-state index >= 15 is 0 Å². The highest BCUT2D eigenvalue weighted by Crippen LogP contribution is 1.98. The fraction of sp³-hybridized carbons (Fsp3) is 0.714. The van der Waals surface area contributed by atoms with Gasteiger partial charge in [0.1, 0.15) is 5.78 Å². The lowest BCUT2D eigenvalue weighted by Crippen LogP contribution is -1.87. The van der Waals surface area contributed by atoms with Crippen molar-refractivity contribution in [1.82, 2.24) is 0 Å². The van der Waals surface area contributed by atoms with E-state index in [4.69, 9.17) is 0 Å². The maximum Gasteiger partial charge on any atom is 0.152 e. The van der Waals surface area contributed by atoms with E-state index in [9.17, 15) is 9.59 Å². The highest BCUT2D eigenvalue weighted by molar-refractivity contribution is 5.87. The van der Waals surface area contributed by atoms with Gasteiger partial charge >= 0.3 is 0 Å². The van der Waals surface area contributed by atoms with Crippen molar-refractivity contribution in [3.8, 4) is 0 Å². The van der Waals surface area contributed by atoms with Gasteiger partial charge < -0.3 is 4.79 Å². The number of unbranched alkanes of at least 4 members (excludes halogenated alkanes) is 3. The molecule has 0 heterocycles. The quantitative estimate of drug-likeness (QED) is 0.484. The Morgan fingerprint density at radius 1 is 1.00 bits per heavy atom. The van der Waals surface area contributed by atoms with Gasteiger partial charge in [0.15, 0.2) is 5.78 Å². The number of carbonyl (C=O) groups excluding carboxylic acids is 2. The molecule has 0 radical (unpaired) electrons. The van der Waals surface area contributed by atoms with Crippen LogP contribution in [0.4, 0.5) is 0 Å². The lowest BCUT2D eigenvalue weighted by atomic mass is 10.2. The van der Waals surface area contributed by atoms with Crippen LogP contribution in [0.2, 0.25) is 0 Å². The molecule has 94 valence electrons. The summed E-state index contributed by atoms with van der Waals surface area (Å²) in [5.74, 6) is 0.455. The molecule has 0 aromatic rings. The molecule has 0 saturated carbocycles. The van der Waals surface area contributed by atoms with Crippen LogP contribution in [0.5, 0.6) is 0 Å². The van der Waals surface area contributed by atoms with Gasteiger partial charge in [-0.3, -0.25) is 4.79 Å². The van der Waals surface area contributed by atoms with Gasteiger partial charge in [-0.05, 0) is 32.8 Å². The third kappa shape index (κ3) is 23.2. The summed E-state index contributed by atoms with van der Waals surface area (Å²) in [4.78, 5) is 20.6. The topological polar surface area (TPSA) is 34.1 Å². The monoisotopic (exact) mass is 226 g/mol. The molecule has 0 N–H and O–H groups in total. The van der Waals surface area contributed by atoms with Crippen molar-refractivity contribution in [3.63, 3.8) is 0 Å². The Balaban J connectivity index is 0. The minimum absolute atomic E-state index is 0.137. The maximum atomic E-state index is 10.3. The minimum atomic E-state index is 0.137. The molecule has 16 heavy (non-hydrogen) atoms. The molecule has 0 bridgehead atoms. The van der Waals surface area contributed by atoms with E-state index in [0.717, 1.165) is 25.7 Å². The molecule has 0 spiro atoms. The molecule has 0 aliphatic heterocycles. The normalized spacial score (nSPS) is 9.75. The average Bonchev–Trinajstić information content (AvgIpc) is 2.18. The second-order valence-corrected chi connectivity index (χ2v) is 3.96. The predicted molar refractivity (Wildman–Crippen MR) is 69.6 cm³/mol. The highest BCUT2D eigenvalue weighted by atomic mass is 16.1. The number of hydrogen-bond donors (Lipinski definition) is 0. The Kier molecular flexibility index (Phi) is 15.4. The van der Waals surface area contributed by atoms with Gasteiger partial charge in [-0.1, -0.05) is 39.2 Å². The van der Waals surface area contributed by atoms with E-state index < -0.39 is 0 Å². The first kappa shape index (κ1) is 17.5. The van der Waals surface area contributed by atoms with Crippen molar-refractivity contribution in [2.45, 2.75) is 66.2 Å². The van der Waals surface area contributed by atoms with Gasteiger partial charge in [0.25, 0.3) is 0 Å². The van der Waals surface area contributed by atoms with Gasteiger partial charge in [0, 0.05) is 6.42 Å². The molecule has 0 amide bonds. The van der Waals surface area contributed by atoms with Crippen LogP contribution in [0.1, 0.15) is 66.2 Å². The number of hydrogen-bond acceptors (Lipinski definition) is 2. The number of carbonyl (C=O) groups is 2. The highest BCUT2D eigenvalue weighted by Gasteiger charge is 1.89. The molecule has 0 aliphatic rings. The first-order chi connectivity index (χ1) is 7.54. The van der Waals surface area contributed by atoms with Crippen LogP contribution in [-0.4, -0.2) is 11.6 Å². The Labute approximate surface area is 100 Å². The van der Waals surface area contributed by atoms with Crippen LogP contribution in [0.3, 0.4) is 0 Å². The van der Waals surface area contributed by atoms with Crippen molar-refractivity contribution in [2.75, 3.05) is 0 Å². The fourth-order valence-corrected chi connectivity index (χ4v) is 1.04. The first-order valence-corrected chi connectivity index (χ1v) is 6.21. The van der Waals surface area contributed by atoms with E-state index in [1.807, 2.05) is 6.08 Å². The summed E-state index contributed by atoms with van der Waals surface area (Å²) in [5.41, 5.74) is 0. The fourth-order valence-electron chi connectivity index (χ4n) is 1.04. The van der Waals surface area contributed by atoms with E-state index in [2.05, 4.69) is 13.8 Å². The summed E-state index contributed by atoms with van der Waals surface area (Å²) in [6.45, 7) is 7.44. The van der Waals surface area contributed by atoms with Gasteiger partial charge in [0.05, 0.1) is 0 Å². The van der Waals surface area contributed by atoms with Crippen LogP contribution in [-0.2, 0) is 9.59 Å². The molecule has 0 fully saturated rings. The molecule has 0 aliphatic carbocycles. The summed E-state index contributed by atoms with van der Waals surface area (Å²) in [7, 11) is 0. The van der Waals surface area contributed by atoms with Crippen LogP contribution in [0, 0.1) is 0 Å². The SMILES string of the molecule is CCC/C=C/C(C)=O.CCCCCC(C)=O. The molecule has 2 heteroatoms. The molecule has 0 atom stereocenters. The molecule has 0 saturated heterocycles. The van der Waals surface area contributed by atoms with Crippen LogP contribution < -0.4 is 0 Å². The first-order valence-electron chi connectivity index (χ1n) is 6.21. The molecule has 0 unspecified atom stereocenters. The molecular formula is C14H26O2. The summed E-state index contributed by atoms with van der Waals surface area (Å²) < 4.78 is 0. The summed E-state index contributed by atoms with van der Waals surface area (Å²) in [5, 5.41) is 0. The minimum Gasteiger partial charge on any atom is -0.300 e. The third-order valence-electron chi connectivity index (χ3n) is 1.94. The van der Waals surface area contributed by atoms with Gasteiger partial charge in [-0.25, -0.2) is 0 Å². The average molecular weight is 226 g/mol. The zero-order valence-corrected chi connectivity index (χ0v) is 11.2. The van der Waals surface area contributed by atoms with E-state index in [1.165, 1.54) is 12.8 Å². The summed E-state index contributed by atoms with van der Waals surface area (Å²) in [6, 6.07) is 0. The van der Waals surface area contributed by atoms with Crippen LogP contribution >= 0.6 is 0 Å². The predicted octanol–water partition coefficient (Wildman–Crippen LogP) is 4.09. The number of Topliss-reactive ketones (excluding diaryl/α,β-unsaturated/α-hetero) is 1. The van der Waals surface area contributed by atoms with E-state index in [-0.39, 0.29) is 5.78 Å². The smallest absolute Gasteiger partial charge is 0.152 e. The van der Waals surface area contributed by atoms with Crippen LogP contribution in [0.25, 0.3) is 0 Å². The molecule has 0 rings (SSSR count). The Morgan fingerprint density at radius 2 is 1.62 bits per heavy atom. The molecule has 0 aromatic heterocycles. The molecule has 2 nitrogen and oxygen atoms in total. The number of ketones is 2. The zero-order valence-electron chi connectivity index (χ0n) is 11.2. The largest absolute Gasteiger partial charge is 0.300 e. The van der Waals surface area contributed by atoms with Crippen molar-refractivity contribution < 1.29 is 9.59 Å². The summed E-state index contributed by atoms with van der Waals surface area (Å²) >= 11 is 0. The maximum absolute atomic E-state index is 10.3. The van der Waals surface area contributed by atoms with Crippen molar-refractivity contribution in [3.05, 3.63) is 12.2 Å². The number of allylic oxidation sites excluding steroid dienone is 2. The zero-order chi connectivity index (χ0) is 12.8. The van der Waals surface area contributed by atoms with E-state index in [0.29, 0.717) is 5.78 Å². The molecule has 0 aromatic carbocycles. The second kappa shape index (κ2) is 14.1.